The van der Waals surface area contributed by atoms with E-state index in [1.807, 2.05) is 26.8 Å². The number of hydrogen-bond acceptors (Lipinski definition) is 6. The summed E-state index contributed by atoms with van der Waals surface area (Å²) in [6.07, 6.45) is 1.27. The number of carbonyl (C=O) groups is 2. The first kappa shape index (κ1) is 25.7. The van der Waals surface area contributed by atoms with Crippen LogP contribution in [0.1, 0.15) is 26.3 Å². The molecule has 174 valence electrons. The number of nitrogens with one attached hydrogen (secondary N) is 1. The smallest absolute Gasteiger partial charge is 0.260 e. The molecule has 1 aliphatic heterocycles. The van der Waals surface area contributed by atoms with Crippen molar-refractivity contribution in [3.8, 4) is 5.75 Å². The number of aromatic hydroxyl groups is 1. The summed E-state index contributed by atoms with van der Waals surface area (Å²) in [5, 5.41) is 15.4. The van der Waals surface area contributed by atoms with Gasteiger partial charge in [0, 0.05) is 36.9 Å². The van der Waals surface area contributed by atoms with Crippen LogP contribution >= 0.6 is 23.4 Å². The molecule has 0 saturated carbocycles. The lowest BCUT2D eigenvalue weighted by molar-refractivity contribution is -0.139. The van der Waals surface area contributed by atoms with Crippen molar-refractivity contribution in [1.29, 1.82) is 0 Å². The van der Waals surface area contributed by atoms with E-state index >= 15 is 0 Å². The van der Waals surface area contributed by atoms with Crippen LogP contribution in [0.15, 0.2) is 47.4 Å². The van der Waals surface area contributed by atoms with Crippen LogP contribution in [0.3, 0.4) is 0 Å². The van der Waals surface area contributed by atoms with E-state index in [4.69, 9.17) is 17.3 Å². The summed E-state index contributed by atoms with van der Waals surface area (Å²) >= 11 is 7.40. The lowest BCUT2D eigenvalue weighted by Gasteiger charge is -2.43. The Labute approximate surface area is 199 Å². The quantitative estimate of drug-likeness (QED) is 0.389. The van der Waals surface area contributed by atoms with Crippen molar-refractivity contribution in [2.45, 2.75) is 32.2 Å². The third kappa shape index (κ3) is 6.23. The second-order valence-corrected chi connectivity index (χ2v) is 10.1. The fraction of sp³-hybridized carbons (Fsp3) is 0.391. The number of hydrogen-bond donors (Lipinski definition) is 3. The molecule has 0 atom stereocenters. The molecule has 7 nitrogen and oxygen atoms in total. The van der Waals surface area contributed by atoms with Crippen molar-refractivity contribution in [2.24, 2.45) is 5.73 Å². The molecule has 2 rings (SSSR count). The van der Waals surface area contributed by atoms with Crippen molar-refractivity contribution in [3.05, 3.63) is 58.0 Å². The van der Waals surface area contributed by atoms with Crippen LogP contribution in [-0.2, 0) is 15.0 Å². The number of likely N-dealkylation sites (tertiary alicyclic amines) is 1. The predicted octanol–water partition coefficient (Wildman–Crippen LogP) is 3.66. The molecule has 0 aliphatic carbocycles. The van der Waals surface area contributed by atoms with Gasteiger partial charge in [-0.2, -0.15) is 0 Å². The van der Waals surface area contributed by atoms with Gasteiger partial charge < -0.3 is 26.0 Å². The molecule has 0 bridgehead atoms. The first-order valence-electron chi connectivity index (χ1n) is 10.1. The first-order valence-corrected chi connectivity index (χ1v) is 11.4. The molecular formula is C23H31ClN4O3S. The zero-order valence-electron chi connectivity index (χ0n) is 18.9. The van der Waals surface area contributed by atoms with Gasteiger partial charge in [0.1, 0.15) is 5.75 Å². The van der Waals surface area contributed by atoms with E-state index in [1.54, 1.807) is 22.3 Å². The number of phenols is 1. The van der Waals surface area contributed by atoms with E-state index in [2.05, 4.69) is 18.5 Å². The van der Waals surface area contributed by atoms with E-state index < -0.39 is 0 Å². The standard InChI is InChI=1S/C23H31ClN4O3S/c1-7-21(30)28-11-16(12-28)27(6)22(31)14(2)32-13-15(25)10-26-19-8-17(23(3,4)5)18(24)9-20(19)29/h7-9,13,16,26,29H,1-2,10-12,25H2,3-6H3/b15-13-. The third-order valence-corrected chi connectivity index (χ3v) is 6.38. The summed E-state index contributed by atoms with van der Waals surface area (Å²) in [6.45, 7) is 14.7. The van der Waals surface area contributed by atoms with Crippen molar-refractivity contribution in [2.75, 3.05) is 32.0 Å². The van der Waals surface area contributed by atoms with Gasteiger partial charge in [-0.1, -0.05) is 57.3 Å². The molecule has 1 saturated heterocycles. The maximum absolute atomic E-state index is 12.6. The summed E-state index contributed by atoms with van der Waals surface area (Å²) < 4.78 is 0. The Balaban J connectivity index is 1.90. The lowest BCUT2D eigenvalue weighted by Crippen LogP contribution is -2.61. The second kappa shape index (κ2) is 10.4. The normalized spacial score (nSPS) is 14.5. The van der Waals surface area contributed by atoms with Crippen LogP contribution in [0, 0.1) is 0 Å². The average molecular weight is 479 g/mol. The van der Waals surface area contributed by atoms with Crippen LogP contribution < -0.4 is 11.1 Å². The van der Waals surface area contributed by atoms with Crippen LogP contribution in [0.5, 0.6) is 5.75 Å². The monoisotopic (exact) mass is 478 g/mol. The van der Waals surface area contributed by atoms with Gasteiger partial charge in [-0.3, -0.25) is 9.59 Å². The number of benzene rings is 1. The van der Waals surface area contributed by atoms with E-state index in [-0.39, 0.29) is 35.6 Å². The highest BCUT2D eigenvalue weighted by molar-refractivity contribution is 8.06. The van der Waals surface area contributed by atoms with Crippen molar-refractivity contribution >= 4 is 40.9 Å². The lowest BCUT2D eigenvalue weighted by atomic mass is 9.86. The Morgan fingerprint density at radius 2 is 2.03 bits per heavy atom. The Morgan fingerprint density at radius 3 is 2.59 bits per heavy atom. The molecule has 0 radical (unpaired) electrons. The zero-order valence-corrected chi connectivity index (χ0v) is 20.5. The Hall–Kier alpha value is -2.58. The van der Waals surface area contributed by atoms with Gasteiger partial charge in [0.05, 0.1) is 23.2 Å². The molecule has 9 heteroatoms. The fourth-order valence-corrected chi connectivity index (χ4v) is 4.15. The number of amides is 2. The predicted molar refractivity (Wildman–Crippen MR) is 133 cm³/mol. The number of thioether (sulfide) groups is 1. The minimum Gasteiger partial charge on any atom is -0.506 e. The molecule has 0 unspecified atom stereocenters. The molecule has 0 aromatic heterocycles. The van der Waals surface area contributed by atoms with Crippen molar-refractivity contribution < 1.29 is 14.7 Å². The molecule has 1 aromatic carbocycles. The maximum Gasteiger partial charge on any atom is 0.260 e. The average Bonchev–Trinajstić information content (AvgIpc) is 2.68. The van der Waals surface area contributed by atoms with Crippen LogP contribution in [-0.4, -0.2) is 59.4 Å². The fourth-order valence-electron chi connectivity index (χ4n) is 3.09. The first-order chi connectivity index (χ1) is 14.8. The van der Waals surface area contributed by atoms with Gasteiger partial charge in [0.25, 0.3) is 5.91 Å². The van der Waals surface area contributed by atoms with E-state index in [0.29, 0.717) is 34.4 Å². The maximum atomic E-state index is 12.6. The number of nitrogens with zero attached hydrogens (tertiary/aromatic N) is 2. The molecular weight excluding hydrogens is 448 g/mol. The number of carbonyl (C=O) groups excluding carboxylic acids is 2. The highest BCUT2D eigenvalue weighted by atomic mass is 35.5. The van der Waals surface area contributed by atoms with Crippen LogP contribution in [0.25, 0.3) is 0 Å². The third-order valence-electron chi connectivity index (χ3n) is 5.18. The Kier molecular flexibility index (Phi) is 8.31. The number of anilines is 1. The topological polar surface area (TPSA) is 98.9 Å². The number of phenolic OH excluding ortho intramolecular Hbond substituents is 1. The van der Waals surface area contributed by atoms with E-state index in [1.165, 1.54) is 12.1 Å². The number of halogens is 1. The molecule has 1 aliphatic rings. The summed E-state index contributed by atoms with van der Waals surface area (Å²) in [5.41, 5.74) is 7.79. The van der Waals surface area contributed by atoms with Crippen LogP contribution in [0.2, 0.25) is 5.02 Å². The molecule has 1 heterocycles. The van der Waals surface area contributed by atoms with E-state index in [9.17, 15) is 14.7 Å². The van der Waals surface area contributed by atoms with Gasteiger partial charge in [-0.25, -0.2) is 0 Å². The minimum absolute atomic E-state index is 0.0362. The number of likely N-dealkylation sites (N-methyl/N-ethyl adjacent to an activating group) is 1. The van der Waals surface area contributed by atoms with Gasteiger partial charge in [-0.05, 0) is 28.5 Å². The molecule has 4 N–H and O–H groups in total. The minimum atomic E-state index is -0.215. The summed E-state index contributed by atoms with van der Waals surface area (Å²) in [5.74, 6) is -0.318. The molecule has 0 spiro atoms. The van der Waals surface area contributed by atoms with Gasteiger partial charge >= 0.3 is 0 Å². The molecule has 32 heavy (non-hydrogen) atoms. The summed E-state index contributed by atoms with van der Waals surface area (Å²) in [6, 6.07) is 3.28. The summed E-state index contributed by atoms with van der Waals surface area (Å²) in [7, 11) is 1.69. The summed E-state index contributed by atoms with van der Waals surface area (Å²) in [4.78, 5) is 27.7. The number of nitrogens with two attached hydrogens (primary N) is 1. The SMILES string of the molecule is C=CC(=O)N1CC(N(C)C(=O)C(=C)S/C=C(\N)CNc2cc(C(C)(C)C)c(Cl)cc2O)C1. The van der Waals surface area contributed by atoms with Crippen LogP contribution in [0.4, 0.5) is 5.69 Å². The largest absolute Gasteiger partial charge is 0.506 e. The van der Waals surface area contributed by atoms with Gasteiger partial charge in [0.15, 0.2) is 0 Å². The van der Waals surface area contributed by atoms with Crippen molar-refractivity contribution in [1.82, 2.24) is 9.80 Å². The highest BCUT2D eigenvalue weighted by Crippen LogP contribution is 2.37. The number of rotatable bonds is 8. The second-order valence-electron chi connectivity index (χ2n) is 8.70. The van der Waals surface area contributed by atoms with Crippen molar-refractivity contribution in [3.63, 3.8) is 0 Å². The molecule has 2 amide bonds. The Bertz CT molecular complexity index is 949. The molecule has 1 fully saturated rings. The molecule has 1 aromatic rings. The zero-order chi connectivity index (χ0) is 24.2. The highest BCUT2D eigenvalue weighted by Gasteiger charge is 2.34. The van der Waals surface area contributed by atoms with Gasteiger partial charge in [-0.15, -0.1) is 0 Å². The van der Waals surface area contributed by atoms with E-state index in [0.717, 1.165) is 17.3 Å². The van der Waals surface area contributed by atoms with Gasteiger partial charge in [0.2, 0.25) is 5.91 Å². The Morgan fingerprint density at radius 1 is 1.41 bits per heavy atom.